The molecule has 0 unspecified atom stereocenters. The molecular weight excluding hydrogens is 545 g/mol. The maximum Gasteiger partial charge on any atom is 0.416 e. The van der Waals surface area contributed by atoms with Crippen molar-refractivity contribution < 1.29 is 36.7 Å². The number of carbonyl (C=O) groups excluding carboxylic acids is 2. The number of anilines is 1. The Kier molecular flexibility index (Phi) is 7.66. The number of rotatable bonds is 6. The molecule has 0 aliphatic heterocycles. The van der Waals surface area contributed by atoms with E-state index in [4.69, 9.17) is 13.9 Å². The predicted molar refractivity (Wildman–Crippen MR) is 144 cm³/mol. The maximum absolute atomic E-state index is 13.5. The fraction of sp³-hybridized carbons (Fsp3) is 0.276. The molecule has 40 heavy (non-hydrogen) atoms. The number of thiophene rings is 1. The molecule has 2 heterocycles. The van der Waals surface area contributed by atoms with Crippen molar-refractivity contribution in [2.45, 2.75) is 38.8 Å². The minimum Gasteiger partial charge on any atom is -0.493 e. The molecule has 5 rings (SSSR count). The molecule has 0 fully saturated rings. The molecule has 2 aromatic heterocycles. The number of nitrogens with zero attached hydrogens (tertiary/aromatic N) is 1. The molecule has 0 radical (unpaired) electrons. The van der Waals surface area contributed by atoms with Crippen LogP contribution in [0, 0.1) is 0 Å². The summed E-state index contributed by atoms with van der Waals surface area (Å²) in [5.74, 6) is -0.839. The molecule has 208 valence electrons. The molecule has 0 spiro atoms. The number of hydrogen-bond acceptors (Lipinski definition) is 7. The van der Waals surface area contributed by atoms with Crippen molar-refractivity contribution in [1.82, 2.24) is 0 Å². The first-order valence-electron chi connectivity index (χ1n) is 12.7. The molecule has 1 aliphatic carbocycles. The van der Waals surface area contributed by atoms with Crippen molar-refractivity contribution in [2.24, 2.45) is 4.99 Å². The average Bonchev–Trinajstić information content (AvgIpc) is 3.30. The molecule has 4 aromatic rings. The SMILES string of the molecule is CCOC(=O)c1c(/N=c2\oc3c(OC)cccc3cc2C(=O)Nc2cccc(C(F)(F)F)c2)sc2c1CCCC2. The van der Waals surface area contributed by atoms with Crippen LogP contribution in [0.4, 0.5) is 23.9 Å². The molecule has 1 amide bonds. The van der Waals surface area contributed by atoms with Gasteiger partial charge in [0.15, 0.2) is 11.3 Å². The number of halogens is 3. The Morgan fingerprint density at radius 2 is 1.88 bits per heavy atom. The molecule has 0 saturated carbocycles. The van der Waals surface area contributed by atoms with E-state index in [0.29, 0.717) is 33.7 Å². The van der Waals surface area contributed by atoms with Crippen molar-refractivity contribution in [3.05, 3.63) is 81.2 Å². The van der Waals surface area contributed by atoms with Crippen LogP contribution in [0.1, 0.15) is 56.5 Å². The second-order valence-corrected chi connectivity index (χ2v) is 10.2. The lowest BCUT2D eigenvalue weighted by Gasteiger charge is -2.12. The highest BCUT2D eigenvalue weighted by atomic mass is 32.1. The quantitative estimate of drug-likeness (QED) is 0.251. The van der Waals surface area contributed by atoms with E-state index in [-0.39, 0.29) is 23.4 Å². The van der Waals surface area contributed by atoms with E-state index in [1.807, 2.05) is 0 Å². The predicted octanol–water partition coefficient (Wildman–Crippen LogP) is 7.06. The number of amides is 1. The zero-order chi connectivity index (χ0) is 28.4. The number of esters is 1. The van der Waals surface area contributed by atoms with Crippen molar-refractivity contribution in [3.8, 4) is 5.75 Å². The van der Waals surface area contributed by atoms with Crippen LogP contribution in [0.5, 0.6) is 5.75 Å². The van der Waals surface area contributed by atoms with Crippen LogP contribution in [-0.2, 0) is 23.8 Å². The van der Waals surface area contributed by atoms with Gasteiger partial charge >= 0.3 is 12.1 Å². The summed E-state index contributed by atoms with van der Waals surface area (Å²) in [5, 5.41) is 3.38. The van der Waals surface area contributed by atoms with Gasteiger partial charge in [0.1, 0.15) is 10.6 Å². The first kappa shape index (κ1) is 27.4. The second kappa shape index (κ2) is 11.2. The van der Waals surface area contributed by atoms with Crippen LogP contribution < -0.4 is 15.6 Å². The van der Waals surface area contributed by atoms with Crippen LogP contribution in [0.25, 0.3) is 11.0 Å². The lowest BCUT2D eigenvalue weighted by Crippen LogP contribution is -2.22. The number of methoxy groups -OCH3 is 1. The van der Waals surface area contributed by atoms with Crippen LogP contribution in [-0.4, -0.2) is 25.6 Å². The summed E-state index contributed by atoms with van der Waals surface area (Å²) in [4.78, 5) is 32.1. The van der Waals surface area contributed by atoms with Crippen molar-refractivity contribution in [2.75, 3.05) is 19.0 Å². The number of carbonyl (C=O) groups is 2. The second-order valence-electron chi connectivity index (χ2n) is 9.10. The molecular formula is C29H25F3N2O5S. The number of ether oxygens (including phenoxy) is 2. The van der Waals surface area contributed by atoms with Gasteiger partial charge in [-0.05, 0) is 68.5 Å². The van der Waals surface area contributed by atoms with E-state index in [9.17, 15) is 22.8 Å². The van der Waals surface area contributed by atoms with Crippen molar-refractivity contribution in [3.63, 3.8) is 0 Å². The third kappa shape index (κ3) is 5.46. The van der Waals surface area contributed by atoms with Gasteiger partial charge < -0.3 is 19.2 Å². The van der Waals surface area contributed by atoms with E-state index >= 15 is 0 Å². The highest BCUT2D eigenvalue weighted by molar-refractivity contribution is 7.16. The van der Waals surface area contributed by atoms with Gasteiger partial charge in [-0.2, -0.15) is 13.2 Å². The highest BCUT2D eigenvalue weighted by Gasteiger charge is 2.31. The fourth-order valence-corrected chi connectivity index (χ4v) is 5.88. The highest BCUT2D eigenvalue weighted by Crippen LogP contribution is 2.40. The van der Waals surface area contributed by atoms with Crippen LogP contribution in [0.3, 0.4) is 0 Å². The normalized spacial score (nSPS) is 13.7. The minimum atomic E-state index is -4.57. The molecule has 2 aromatic carbocycles. The number of hydrogen-bond donors (Lipinski definition) is 1. The Labute approximate surface area is 231 Å². The molecule has 11 heteroatoms. The standard InChI is InChI=1S/C29H25F3N2O5S/c1-3-38-28(36)23-19-11-4-5-13-22(19)40-27(23)34-26-20(14-16-8-6-12-21(37-2)24(16)39-26)25(35)33-18-10-7-9-17(15-18)29(30,31)32/h6-10,12,14-15H,3-5,11,13H2,1-2H3,(H,33,35)/b34-26-. The lowest BCUT2D eigenvalue weighted by molar-refractivity contribution is -0.137. The number of para-hydroxylation sites is 1. The van der Waals surface area contributed by atoms with E-state index in [1.54, 1.807) is 25.1 Å². The van der Waals surface area contributed by atoms with Crippen molar-refractivity contribution >= 4 is 44.9 Å². The largest absolute Gasteiger partial charge is 0.493 e. The number of benzene rings is 2. The molecule has 1 aliphatic rings. The van der Waals surface area contributed by atoms with E-state index in [1.165, 1.54) is 36.6 Å². The van der Waals surface area contributed by atoms with Crippen molar-refractivity contribution in [1.29, 1.82) is 0 Å². The van der Waals surface area contributed by atoms with Crippen LogP contribution >= 0.6 is 11.3 Å². The first-order chi connectivity index (χ1) is 19.2. The summed E-state index contributed by atoms with van der Waals surface area (Å²) < 4.78 is 56.6. The van der Waals surface area contributed by atoms with Gasteiger partial charge in [-0.15, -0.1) is 11.3 Å². The summed E-state index contributed by atoms with van der Waals surface area (Å²) in [6.07, 6.45) is -1.15. The molecule has 0 atom stereocenters. The van der Waals surface area contributed by atoms with E-state index < -0.39 is 23.6 Å². The van der Waals surface area contributed by atoms with Gasteiger partial charge in [-0.3, -0.25) is 4.79 Å². The Hall–Kier alpha value is -4.12. The Balaban J connectivity index is 1.68. The smallest absolute Gasteiger partial charge is 0.416 e. The number of nitrogens with one attached hydrogen (secondary N) is 1. The zero-order valence-electron chi connectivity index (χ0n) is 21.7. The molecule has 7 nitrogen and oxygen atoms in total. The van der Waals surface area contributed by atoms with Gasteiger partial charge in [0.2, 0.25) is 5.55 Å². The van der Waals surface area contributed by atoms with Gasteiger partial charge in [-0.1, -0.05) is 18.2 Å². The van der Waals surface area contributed by atoms with Gasteiger partial charge in [0, 0.05) is 16.0 Å². The Morgan fingerprint density at radius 3 is 2.62 bits per heavy atom. The monoisotopic (exact) mass is 570 g/mol. The van der Waals surface area contributed by atoms with E-state index in [0.717, 1.165) is 41.8 Å². The summed E-state index contributed by atoms with van der Waals surface area (Å²) in [5.41, 5.74) is 0.466. The number of fused-ring (bicyclic) bond motifs is 2. The third-order valence-corrected chi connectivity index (χ3v) is 7.67. The first-order valence-corrected chi connectivity index (χ1v) is 13.5. The van der Waals surface area contributed by atoms with Gasteiger partial charge in [-0.25, -0.2) is 9.79 Å². The lowest BCUT2D eigenvalue weighted by atomic mass is 9.95. The Morgan fingerprint density at radius 1 is 1.10 bits per heavy atom. The fourth-order valence-electron chi connectivity index (χ4n) is 4.64. The summed E-state index contributed by atoms with van der Waals surface area (Å²) in [6, 6.07) is 11.0. The third-order valence-electron chi connectivity index (χ3n) is 6.49. The Bertz CT molecular complexity index is 1670. The van der Waals surface area contributed by atoms with Crippen LogP contribution in [0.2, 0.25) is 0 Å². The minimum absolute atomic E-state index is 0.0284. The van der Waals surface area contributed by atoms with E-state index in [2.05, 4.69) is 10.3 Å². The number of aryl methyl sites for hydroxylation is 1. The zero-order valence-corrected chi connectivity index (χ0v) is 22.5. The summed E-state index contributed by atoms with van der Waals surface area (Å²) in [6.45, 7) is 1.90. The van der Waals surface area contributed by atoms with Gasteiger partial charge in [0.05, 0.1) is 24.8 Å². The average molecular weight is 571 g/mol. The molecule has 0 bridgehead atoms. The van der Waals surface area contributed by atoms with Gasteiger partial charge in [0.25, 0.3) is 5.91 Å². The number of alkyl halides is 3. The maximum atomic E-state index is 13.5. The molecule has 0 saturated heterocycles. The topological polar surface area (TPSA) is 90.1 Å². The van der Waals surface area contributed by atoms with Crippen LogP contribution in [0.15, 0.2) is 57.9 Å². The summed E-state index contributed by atoms with van der Waals surface area (Å²) >= 11 is 1.34. The summed E-state index contributed by atoms with van der Waals surface area (Å²) in [7, 11) is 1.47. The molecule has 1 N–H and O–H groups in total.